The molecule has 128 valence electrons. The molecular weight excluding hydrogens is 310 g/mol. The van der Waals surface area contributed by atoms with Crippen molar-refractivity contribution < 1.29 is 19.5 Å². The lowest BCUT2D eigenvalue weighted by Crippen LogP contribution is -2.51. The number of amides is 3. The Morgan fingerprint density at radius 2 is 1.88 bits per heavy atom. The van der Waals surface area contributed by atoms with Gasteiger partial charge in [-0.2, -0.15) is 0 Å². The Balaban J connectivity index is 1.59. The van der Waals surface area contributed by atoms with Crippen LogP contribution in [0.15, 0.2) is 30.3 Å². The molecule has 24 heavy (non-hydrogen) atoms. The first-order valence-electron chi connectivity index (χ1n) is 8.21. The number of carbonyl (C=O) groups is 3. The second-order valence-electron chi connectivity index (χ2n) is 6.24. The van der Waals surface area contributed by atoms with Gasteiger partial charge in [0, 0.05) is 25.3 Å². The average molecular weight is 331 g/mol. The van der Waals surface area contributed by atoms with Crippen LogP contribution in [0.4, 0.5) is 10.5 Å². The summed E-state index contributed by atoms with van der Waals surface area (Å²) in [6.07, 6.45) is 1.80. The molecule has 2 N–H and O–H groups in total. The maximum atomic E-state index is 12.5. The van der Waals surface area contributed by atoms with Gasteiger partial charge in [-0.25, -0.2) is 4.79 Å². The summed E-state index contributed by atoms with van der Waals surface area (Å²) in [6.45, 7) is 1.29. The molecule has 2 aliphatic heterocycles. The Hall–Kier alpha value is -2.57. The number of carboxylic acids is 1. The van der Waals surface area contributed by atoms with Crippen LogP contribution in [0.3, 0.4) is 0 Å². The summed E-state index contributed by atoms with van der Waals surface area (Å²) in [6, 6.07) is 8.45. The number of para-hydroxylation sites is 1. The van der Waals surface area contributed by atoms with Gasteiger partial charge in [0.15, 0.2) is 0 Å². The summed E-state index contributed by atoms with van der Waals surface area (Å²) in [5.74, 6) is -1.52. The smallest absolute Gasteiger partial charge is 0.318 e. The fourth-order valence-electron chi connectivity index (χ4n) is 3.28. The number of anilines is 1. The molecule has 0 bridgehead atoms. The van der Waals surface area contributed by atoms with E-state index in [1.165, 1.54) is 4.90 Å². The van der Waals surface area contributed by atoms with Crippen LogP contribution >= 0.6 is 0 Å². The van der Waals surface area contributed by atoms with Crippen LogP contribution in [0, 0.1) is 5.92 Å². The molecule has 0 saturated carbocycles. The van der Waals surface area contributed by atoms with E-state index in [1.54, 1.807) is 4.90 Å². The van der Waals surface area contributed by atoms with Gasteiger partial charge in [-0.15, -0.1) is 0 Å². The molecule has 0 aliphatic carbocycles. The minimum Gasteiger partial charge on any atom is -0.481 e. The van der Waals surface area contributed by atoms with E-state index in [0.29, 0.717) is 32.4 Å². The maximum absolute atomic E-state index is 12.5. The highest BCUT2D eigenvalue weighted by molar-refractivity contribution is 6.01. The summed E-state index contributed by atoms with van der Waals surface area (Å²) in [4.78, 5) is 39.1. The lowest BCUT2D eigenvalue weighted by molar-refractivity contribution is -0.143. The molecule has 2 saturated heterocycles. The van der Waals surface area contributed by atoms with E-state index in [4.69, 9.17) is 5.11 Å². The number of hydrogen-bond donors (Lipinski definition) is 2. The Morgan fingerprint density at radius 3 is 2.58 bits per heavy atom. The van der Waals surface area contributed by atoms with Crippen molar-refractivity contribution in [3.63, 3.8) is 0 Å². The first-order chi connectivity index (χ1) is 11.6. The first kappa shape index (κ1) is 16.3. The van der Waals surface area contributed by atoms with Crippen LogP contribution in [-0.4, -0.2) is 53.6 Å². The van der Waals surface area contributed by atoms with E-state index in [-0.39, 0.29) is 18.5 Å². The van der Waals surface area contributed by atoms with Crippen molar-refractivity contribution in [1.29, 1.82) is 0 Å². The predicted octanol–water partition coefficient (Wildman–Crippen LogP) is 1.30. The molecule has 0 aromatic heterocycles. The van der Waals surface area contributed by atoms with Gasteiger partial charge < -0.3 is 20.2 Å². The minimum absolute atomic E-state index is 0.124. The van der Waals surface area contributed by atoms with Crippen molar-refractivity contribution in [3.05, 3.63) is 30.3 Å². The zero-order valence-electron chi connectivity index (χ0n) is 13.4. The molecule has 1 aromatic carbocycles. The average Bonchev–Trinajstić information content (AvgIpc) is 2.96. The Labute approximate surface area is 140 Å². The van der Waals surface area contributed by atoms with E-state index in [2.05, 4.69) is 5.32 Å². The van der Waals surface area contributed by atoms with E-state index in [9.17, 15) is 14.4 Å². The maximum Gasteiger partial charge on any atom is 0.318 e. The third-order valence-corrected chi connectivity index (χ3v) is 4.63. The van der Waals surface area contributed by atoms with Gasteiger partial charge in [0.2, 0.25) is 5.91 Å². The summed E-state index contributed by atoms with van der Waals surface area (Å²) in [5, 5.41) is 11.9. The SMILES string of the molecule is O=C(O)C1CCCN(C(=O)NC2CCN(c3ccccc3)C2=O)C1. The standard InChI is InChI=1S/C17H21N3O4/c21-15-14(8-10-20(15)13-6-2-1-3-7-13)18-17(24)19-9-4-5-12(11-19)16(22)23/h1-3,6-7,12,14H,4-5,8-11H2,(H,18,24)(H,22,23). The summed E-state index contributed by atoms with van der Waals surface area (Å²) in [5.41, 5.74) is 0.822. The number of carbonyl (C=O) groups excluding carboxylic acids is 2. The Morgan fingerprint density at radius 1 is 1.12 bits per heavy atom. The third kappa shape index (κ3) is 3.34. The zero-order chi connectivity index (χ0) is 17.1. The van der Waals surface area contributed by atoms with Crippen LogP contribution in [-0.2, 0) is 9.59 Å². The number of hydrogen-bond acceptors (Lipinski definition) is 3. The van der Waals surface area contributed by atoms with Crippen molar-refractivity contribution in [3.8, 4) is 0 Å². The summed E-state index contributed by atoms with van der Waals surface area (Å²) < 4.78 is 0. The zero-order valence-corrected chi connectivity index (χ0v) is 13.4. The normalized spacial score (nSPS) is 24.1. The molecule has 0 spiro atoms. The van der Waals surface area contributed by atoms with Crippen LogP contribution < -0.4 is 10.2 Å². The lowest BCUT2D eigenvalue weighted by Gasteiger charge is -2.31. The summed E-state index contributed by atoms with van der Waals surface area (Å²) in [7, 11) is 0. The first-order valence-corrected chi connectivity index (χ1v) is 8.21. The number of aliphatic carboxylic acids is 1. The quantitative estimate of drug-likeness (QED) is 0.873. The molecule has 7 nitrogen and oxygen atoms in total. The molecule has 3 rings (SSSR count). The lowest BCUT2D eigenvalue weighted by atomic mass is 9.99. The van der Waals surface area contributed by atoms with Gasteiger partial charge >= 0.3 is 12.0 Å². The van der Waals surface area contributed by atoms with Gasteiger partial charge in [-0.1, -0.05) is 18.2 Å². The molecule has 3 amide bonds. The van der Waals surface area contributed by atoms with Crippen molar-refractivity contribution in [1.82, 2.24) is 10.2 Å². The fourth-order valence-corrected chi connectivity index (χ4v) is 3.28. The van der Waals surface area contributed by atoms with Crippen LogP contribution in [0.1, 0.15) is 19.3 Å². The minimum atomic E-state index is -0.875. The number of nitrogens with zero attached hydrogens (tertiary/aromatic N) is 2. The second-order valence-corrected chi connectivity index (χ2v) is 6.24. The van der Waals surface area contributed by atoms with E-state index < -0.39 is 17.9 Å². The highest BCUT2D eigenvalue weighted by Crippen LogP contribution is 2.22. The molecule has 2 aliphatic rings. The topological polar surface area (TPSA) is 89.9 Å². The largest absolute Gasteiger partial charge is 0.481 e. The third-order valence-electron chi connectivity index (χ3n) is 4.63. The summed E-state index contributed by atoms with van der Waals surface area (Å²) >= 11 is 0. The number of piperidine rings is 1. The molecule has 2 fully saturated rings. The van der Waals surface area contributed by atoms with Crippen LogP contribution in [0.2, 0.25) is 0 Å². The number of rotatable bonds is 3. The van der Waals surface area contributed by atoms with Gasteiger partial charge in [0.1, 0.15) is 6.04 Å². The number of nitrogens with one attached hydrogen (secondary N) is 1. The molecular formula is C17H21N3O4. The van der Waals surface area contributed by atoms with Crippen molar-refractivity contribution in [2.45, 2.75) is 25.3 Å². The highest BCUT2D eigenvalue weighted by atomic mass is 16.4. The van der Waals surface area contributed by atoms with Crippen LogP contribution in [0.5, 0.6) is 0 Å². The monoisotopic (exact) mass is 331 g/mol. The molecule has 2 atom stereocenters. The molecule has 2 unspecified atom stereocenters. The van der Waals surface area contributed by atoms with Gasteiger partial charge in [0.25, 0.3) is 0 Å². The molecule has 0 radical (unpaired) electrons. The van der Waals surface area contributed by atoms with E-state index in [1.807, 2.05) is 30.3 Å². The highest BCUT2D eigenvalue weighted by Gasteiger charge is 2.35. The molecule has 7 heteroatoms. The van der Waals surface area contributed by atoms with E-state index in [0.717, 1.165) is 5.69 Å². The molecule has 1 aromatic rings. The van der Waals surface area contributed by atoms with Gasteiger partial charge in [-0.05, 0) is 31.4 Å². The Kier molecular flexibility index (Phi) is 4.69. The number of benzene rings is 1. The number of urea groups is 1. The predicted molar refractivity (Wildman–Crippen MR) is 87.7 cm³/mol. The van der Waals surface area contributed by atoms with Crippen molar-refractivity contribution in [2.75, 3.05) is 24.5 Å². The van der Waals surface area contributed by atoms with Crippen LogP contribution in [0.25, 0.3) is 0 Å². The number of carboxylic acid groups (broad SMARTS) is 1. The van der Waals surface area contributed by atoms with Crippen molar-refractivity contribution in [2.24, 2.45) is 5.92 Å². The van der Waals surface area contributed by atoms with Gasteiger partial charge in [-0.3, -0.25) is 9.59 Å². The Bertz CT molecular complexity index is 634. The van der Waals surface area contributed by atoms with E-state index >= 15 is 0 Å². The number of likely N-dealkylation sites (tertiary alicyclic amines) is 1. The fraction of sp³-hybridized carbons (Fsp3) is 0.471. The van der Waals surface area contributed by atoms with Crippen molar-refractivity contribution >= 4 is 23.6 Å². The van der Waals surface area contributed by atoms with Gasteiger partial charge in [0.05, 0.1) is 5.92 Å². The second kappa shape index (κ2) is 6.90. The molecule has 2 heterocycles.